The normalized spacial score (nSPS) is 26.0. The molecule has 1 fully saturated rings. The Morgan fingerprint density at radius 3 is 2.70 bits per heavy atom. The van der Waals surface area contributed by atoms with E-state index in [2.05, 4.69) is 24.5 Å². The number of fused-ring (bicyclic) bond motifs is 1. The molecule has 2 aromatic rings. The second-order valence-corrected chi connectivity index (χ2v) is 7.17. The lowest BCUT2D eigenvalue weighted by molar-refractivity contribution is -0.0398. The summed E-state index contributed by atoms with van der Waals surface area (Å²) in [6.07, 6.45) is 4.72. The van der Waals surface area contributed by atoms with Crippen molar-refractivity contribution in [1.29, 1.82) is 0 Å². The highest BCUT2D eigenvalue weighted by Gasteiger charge is 2.39. The Hall–Kier alpha value is -1.35. The van der Waals surface area contributed by atoms with Crippen LogP contribution in [0, 0.1) is 5.41 Å². The molecule has 1 unspecified atom stereocenters. The molecule has 0 amide bonds. The van der Waals surface area contributed by atoms with Gasteiger partial charge in [-0.25, -0.2) is 4.98 Å². The zero-order valence-electron chi connectivity index (χ0n) is 12.7. The fourth-order valence-corrected chi connectivity index (χ4v) is 3.76. The molecule has 3 rings (SSSR count). The maximum Gasteiger partial charge on any atom is 0.112 e. The number of rotatable bonds is 2. The Labute approximate surface area is 120 Å². The monoisotopic (exact) mass is 272 g/mol. The minimum atomic E-state index is -0.600. The summed E-state index contributed by atoms with van der Waals surface area (Å²) in [6, 6.07) is 8.16. The molecule has 3 nitrogen and oxygen atoms in total. The van der Waals surface area contributed by atoms with E-state index in [-0.39, 0.29) is 5.41 Å². The van der Waals surface area contributed by atoms with E-state index in [9.17, 15) is 5.11 Å². The topological polar surface area (TPSA) is 38.0 Å². The smallest absolute Gasteiger partial charge is 0.112 e. The number of aryl methyl sites for hydroxylation is 1. The van der Waals surface area contributed by atoms with E-state index in [4.69, 9.17) is 4.98 Å². The van der Waals surface area contributed by atoms with Gasteiger partial charge in [0.05, 0.1) is 16.6 Å². The Bertz CT molecular complexity index is 629. The summed E-state index contributed by atoms with van der Waals surface area (Å²) >= 11 is 0. The fraction of sp³-hybridized carbons (Fsp3) is 0.588. The Morgan fingerprint density at radius 1 is 1.25 bits per heavy atom. The number of benzene rings is 1. The molecule has 108 valence electrons. The molecule has 0 spiro atoms. The summed E-state index contributed by atoms with van der Waals surface area (Å²) in [5.41, 5.74) is 1.79. The van der Waals surface area contributed by atoms with Crippen LogP contribution in [-0.2, 0) is 13.5 Å². The molecular weight excluding hydrogens is 248 g/mol. The average molecular weight is 272 g/mol. The molecular formula is C17H24N2O. The number of nitrogens with zero attached hydrogens (tertiary/aromatic N) is 2. The number of hydrogen-bond acceptors (Lipinski definition) is 2. The highest BCUT2D eigenvalue weighted by molar-refractivity contribution is 5.75. The van der Waals surface area contributed by atoms with Crippen LogP contribution in [0.4, 0.5) is 0 Å². The van der Waals surface area contributed by atoms with Crippen LogP contribution in [0.25, 0.3) is 11.0 Å². The van der Waals surface area contributed by atoms with Crippen molar-refractivity contribution in [3.8, 4) is 0 Å². The molecule has 20 heavy (non-hydrogen) atoms. The van der Waals surface area contributed by atoms with Crippen LogP contribution in [0.15, 0.2) is 24.3 Å². The van der Waals surface area contributed by atoms with Gasteiger partial charge in [-0.2, -0.15) is 0 Å². The highest BCUT2D eigenvalue weighted by atomic mass is 16.3. The van der Waals surface area contributed by atoms with Crippen LogP contribution in [0.5, 0.6) is 0 Å². The molecule has 1 aromatic carbocycles. The van der Waals surface area contributed by atoms with Crippen molar-refractivity contribution in [2.45, 2.75) is 51.6 Å². The zero-order valence-corrected chi connectivity index (χ0v) is 12.7. The van der Waals surface area contributed by atoms with E-state index in [1.165, 1.54) is 6.42 Å². The summed E-state index contributed by atoms with van der Waals surface area (Å²) in [4.78, 5) is 4.70. The summed E-state index contributed by atoms with van der Waals surface area (Å²) in [5.74, 6) is 0.992. The van der Waals surface area contributed by atoms with E-state index in [1.54, 1.807) is 0 Å². The van der Waals surface area contributed by atoms with Crippen molar-refractivity contribution in [2.75, 3.05) is 0 Å². The number of aromatic nitrogens is 2. The van der Waals surface area contributed by atoms with Crippen LogP contribution >= 0.6 is 0 Å². The minimum absolute atomic E-state index is 0.234. The van der Waals surface area contributed by atoms with Gasteiger partial charge in [0.2, 0.25) is 0 Å². The lowest BCUT2D eigenvalue weighted by Crippen LogP contribution is -2.41. The van der Waals surface area contributed by atoms with Gasteiger partial charge in [-0.05, 0) is 36.8 Å². The Morgan fingerprint density at radius 2 is 2.00 bits per heavy atom. The van der Waals surface area contributed by atoms with Crippen LogP contribution in [0.2, 0.25) is 0 Å². The van der Waals surface area contributed by atoms with Gasteiger partial charge in [-0.15, -0.1) is 0 Å². The Balaban J connectivity index is 1.91. The number of para-hydroxylation sites is 2. The van der Waals surface area contributed by atoms with E-state index in [0.29, 0.717) is 6.42 Å². The van der Waals surface area contributed by atoms with Crippen molar-refractivity contribution in [3.05, 3.63) is 30.1 Å². The van der Waals surface area contributed by atoms with Crippen molar-refractivity contribution in [3.63, 3.8) is 0 Å². The van der Waals surface area contributed by atoms with Gasteiger partial charge in [-0.1, -0.05) is 32.4 Å². The first kappa shape index (κ1) is 13.6. The van der Waals surface area contributed by atoms with E-state index >= 15 is 0 Å². The molecule has 1 saturated carbocycles. The van der Waals surface area contributed by atoms with E-state index < -0.39 is 5.60 Å². The molecule has 3 heteroatoms. The van der Waals surface area contributed by atoms with Crippen LogP contribution < -0.4 is 0 Å². The molecule has 0 bridgehead atoms. The predicted octanol–water partition coefficient (Wildman–Crippen LogP) is 3.45. The van der Waals surface area contributed by atoms with Crippen LogP contribution in [0.1, 0.15) is 45.4 Å². The van der Waals surface area contributed by atoms with Gasteiger partial charge in [0.15, 0.2) is 0 Å². The minimum Gasteiger partial charge on any atom is -0.389 e. The predicted molar refractivity (Wildman–Crippen MR) is 81.6 cm³/mol. The quantitative estimate of drug-likeness (QED) is 0.909. The lowest BCUT2D eigenvalue weighted by Gasteiger charge is -2.41. The van der Waals surface area contributed by atoms with Gasteiger partial charge in [0.1, 0.15) is 5.82 Å². The molecule has 1 aliphatic rings. The molecule has 1 N–H and O–H groups in total. The van der Waals surface area contributed by atoms with E-state index in [0.717, 1.165) is 36.1 Å². The molecule has 1 aromatic heterocycles. The number of hydrogen-bond donors (Lipinski definition) is 1. The SMILES string of the molecule is Cn1c(CC2(O)CCCC(C)(C)C2)nc2ccccc21. The third kappa shape index (κ3) is 2.47. The van der Waals surface area contributed by atoms with Gasteiger partial charge >= 0.3 is 0 Å². The largest absolute Gasteiger partial charge is 0.389 e. The van der Waals surface area contributed by atoms with Crippen molar-refractivity contribution >= 4 is 11.0 Å². The van der Waals surface area contributed by atoms with Crippen molar-refractivity contribution in [2.24, 2.45) is 12.5 Å². The summed E-state index contributed by atoms with van der Waals surface area (Å²) < 4.78 is 2.12. The number of imidazole rings is 1. The number of aliphatic hydroxyl groups is 1. The summed E-state index contributed by atoms with van der Waals surface area (Å²) in [5, 5.41) is 11.0. The average Bonchev–Trinajstić information content (AvgIpc) is 2.65. The molecule has 0 aliphatic heterocycles. The fourth-order valence-electron chi connectivity index (χ4n) is 3.76. The maximum absolute atomic E-state index is 11.0. The molecule has 0 saturated heterocycles. The second-order valence-electron chi connectivity index (χ2n) is 7.17. The highest BCUT2D eigenvalue weighted by Crippen LogP contribution is 2.42. The molecule has 0 radical (unpaired) electrons. The first-order valence-corrected chi connectivity index (χ1v) is 7.51. The molecule has 1 heterocycles. The lowest BCUT2D eigenvalue weighted by atomic mass is 9.68. The Kier molecular flexibility index (Phi) is 3.13. The van der Waals surface area contributed by atoms with Crippen molar-refractivity contribution < 1.29 is 5.11 Å². The van der Waals surface area contributed by atoms with Gasteiger partial charge in [-0.3, -0.25) is 0 Å². The third-order valence-corrected chi connectivity index (χ3v) is 4.67. The first-order valence-electron chi connectivity index (χ1n) is 7.51. The van der Waals surface area contributed by atoms with Crippen LogP contribution in [0.3, 0.4) is 0 Å². The van der Waals surface area contributed by atoms with Crippen LogP contribution in [-0.4, -0.2) is 20.3 Å². The zero-order chi connectivity index (χ0) is 14.4. The van der Waals surface area contributed by atoms with Gasteiger partial charge < -0.3 is 9.67 Å². The van der Waals surface area contributed by atoms with Gasteiger partial charge in [0, 0.05) is 13.5 Å². The maximum atomic E-state index is 11.0. The second kappa shape index (κ2) is 4.59. The van der Waals surface area contributed by atoms with E-state index in [1.807, 2.05) is 25.2 Å². The molecule has 1 aliphatic carbocycles. The van der Waals surface area contributed by atoms with Gasteiger partial charge in [0.25, 0.3) is 0 Å². The van der Waals surface area contributed by atoms with Crippen molar-refractivity contribution in [1.82, 2.24) is 9.55 Å². The summed E-state index contributed by atoms with van der Waals surface area (Å²) in [6.45, 7) is 4.51. The standard InChI is InChI=1S/C17H24N2O/c1-16(2)9-6-10-17(20,12-16)11-15-18-13-7-4-5-8-14(13)19(15)3/h4-5,7-8,20H,6,9-12H2,1-3H3. The third-order valence-electron chi connectivity index (χ3n) is 4.67. The molecule has 1 atom stereocenters. The first-order chi connectivity index (χ1) is 9.39. The summed E-state index contributed by atoms with van der Waals surface area (Å²) in [7, 11) is 2.04.